The summed E-state index contributed by atoms with van der Waals surface area (Å²) in [5.41, 5.74) is 0.397. The van der Waals surface area contributed by atoms with Crippen LogP contribution in [0.3, 0.4) is 0 Å². The fourth-order valence-corrected chi connectivity index (χ4v) is 3.22. The monoisotopic (exact) mass is 326 g/mol. The van der Waals surface area contributed by atoms with E-state index in [0.29, 0.717) is 18.2 Å². The van der Waals surface area contributed by atoms with Gasteiger partial charge in [-0.1, -0.05) is 37.6 Å². The van der Waals surface area contributed by atoms with Gasteiger partial charge in [0.25, 0.3) is 0 Å². The van der Waals surface area contributed by atoms with Crippen molar-refractivity contribution < 1.29 is 9.53 Å². The van der Waals surface area contributed by atoms with Crippen molar-refractivity contribution in [3.8, 4) is 0 Å². The van der Waals surface area contributed by atoms with Gasteiger partial charge in [-0.25, -0.2) is 9.78 Å². The van der Waals surface area contributed by atoms with Gasteiger partial charge in [0.15, 0.2) is 0 Å². The van der Waals surface area contributed by atoms with E-state index in [2.05, 4.69) is 16.8 Å². The second kappa shape index (κ2) is 8.25. The highest BCUT2D eigenvalue weighted by molar-refractivity contribution is 5.92. The number of hydrogen-bond acceptors (Lipinski definition) is 4. The van der Waals surface area contributed by atoms with Crippen molar-refractivity contribution in [1.82, 2.24) is 9.88 Å². The average molecular weight is 326 g/mol. The molecule has 0 amide bonds. The van der Waals surface area contributed by atoms with Crippen molar-refractivity contribution in [3.63, 3.8) is 0 Å². The van der Waals surface area contributed by atoms with E-state index in [4.69, 9.17) is 4.74 Å². The maximum atomic E-state index is 12.2. The first-order chi connectivity index (χ1) is 11.8. The molecular weight excluding hydrogens is 300 g/mol. The van der Waals surface area contributed by atoms with Gasteiger partial charge >= 0.3 is 5.97 Å². The van der Waals surface area contributed by atoms with Gasteiger partial charge in [-0.3, -0.25) is 0 Å². The molecular formula is C20H26N2O2. The van der Waals surface area contributed by atoms with E-state index in [-0.39, 0.29) is 5.97 Å². The number of pyridine rings is 1. The number of aromatic nitrogens is 1. The normalized spacial score (nSPS) is 16.4. The van der Waals surface area contributed by atoms with E-state index >= 15 is 0 Å². The summed E-state index contributed by atoms with van der Waals surface area (Å²) in [6.07, 6.45) is 6.48. The lowest BCUT2D eigenvalue weighted by molar-refractivity contribution is 0.0366. The van der Waals surface area contributed by atoms with Crippen molar-refractivity contribution in [3.05, 3.63) is 42.2 Å². The van der Waals surface area contributed by atoms with Crippen LogP contribution in [0.25, 0.3) is 10.8 Å². The average Bonchev–Trinajstić information content (AvgIpc) is 2.65. The Morgan fingerprint density at radius 1 is 1.25 bits per heavy atom. The lowest BCUT2D eigenvalue weighted by Gasteiger charge is -2.31. The standard InChI is InChI=1S/C20H26N2O2/c1-2-3-10-22-11-8-16(9-12-22)15-24-20(23)19-13-17-6-4-5-7-18(17)14-21-19/h4-7,13-14,16H,2-3,8-12,15H2,1H3. The fourth-order valence-electron chi connectivity index (χ4n) is 3.22. The quantitative estimate of drug-likeness (QED) is 0.755. The molecule has 0 saturated carbocycles. The molecule has 2 heterocycles. The Morgan fingerprint density at radius 2 is 2.00 bits per heavy atom. The summed E-state index contributed by atoms with van der Waals surface area (Å²) in [7, 11) is 0. The fraction of sp³-hybridized carbons (Fsp3) is 0.500. The minimum atomic E-state index is -0.311. The number of carbonyl (C=O) groups is 1. The highest BCUT2D eigenvalue weighted by Crippen LogP contribution is 2.19. The van der Waals surface area contributed by atoms with E-state index < -0.39 is 0 Å². The number of rotatable bonds is 6. The molecule has 1 fully saturated rings. The third-order valence-electron chi connectivity index (χ3n) is 4.83. The highest BCUT2D eigenvalue weighted by Gasteiger charge is 2.20. The first-order valence-electron chi connectivity index (χ1n) is 9.00. The molecule has 1 aliphatic rings. The molecule has 0 unspecified atom stereocenters. The second-order valence-electron chi connectivity index (χ2n) is 6.65. The molecule has 0 bridgehead atoms. The molecule has 128 valence electrons. The number of carbonyl (C=O) groups excluding carboxylic acids is 1. The molecule has 0 aliphatic carbocycles. The summed E-state index contributed by atoms with van der Waals surface area (Å²) in [6.45, 7) is 6.18. The lowest BCUT2D eigenvalue weighted by atomic mass is 9.97. The molecule has 1 aromatic heterocycles. The summed E-state index contributed by atoms with van der Waals surface area (Å²) in [5, 5.41) is 2.05. The maximum Gasteiger partial charge on any atom is 0.356 e. The lowest BCUT2D eigenvalue weighted by Crippen LogP contribution is -2.36. The molecule has 0 radical (unpaired) electrons. The number of fused-ring (bicyclic) bond motifs is 1. The van der Waals surface area contributed by atoms with E-state index in [1.54, 1.807) is 6.20 Å². The Balaban J connectivity index is 1.48. The Morgan fingerprint density at radius 3 is 2.75 bits per heavy atom. The number of likely N-dealkylation sites (tertiary alicyclic amines) is 1. The third kappa shape index (κ3) is 4.32. The molecule has 1 aliphatic heterocycles. The van der Waals surface area contributed by atoms with Crippen molar-refractivity contribution in [2.75, 3.05) is 26.2 Å². The Kier molecular flexibility index (Phi) is 5.81. The van der Waals surface area contributed by atoms with Gasteiger partial charge in [0.1, 0.15) is 5.69 Å². The van der Waals surface area contributed by atoms with Crippen LogP contribution >= 0.6 is 0 Å². The van der Waals surface area contributed by atoms with Crippen LogP contribution in [0.15, 0.2) is 36.5 Å². The Labute approximate surface area is 143 Å². The third-order valence-corrected chi connectivity index (χ3v) is 4.83. The van der Waals surface area contributed by atoms with Gasteiger partial charge in [0.2, 0.25) is 0 Å². The second-order valence-corrected chi connectivity index (χ2v) is 6.65. The van der Waals surface area contributed by atoms with Crippen LogP contribution in [-0.2, 0) is 4.74 Å². The number of piperidine rings is 1. The molecule has 0 N–H and O–H groups in total. The van der Waals surface area contributed by atoms with Crippen LogP contribution in [0.5, 0.6) is 0 Å². The number of benzene rings is 1. The summed E-state index contributed by atoms with van der Waals surface area (Å²) >= 11 is 0. The van der Waals surface area contributed by atoms with Crippen LogP contribution < -0.4 is 0 Å². The van der Waals surface area contributed by atoms with Gasteiger partial charge in [-0.2, -0.15) is 0 Å². The Bertz CT molecular complexity index is 678. The summed E-state index contributed by atoms with van der Waals surface area (Å²) < 4.78 is 5.51. The number of unbranched alkanes of at least 4 members (excludes halogenated alkanes) is 1. The van der Waals surface area contributed by atoms with Crippen LogP contribution in [-0.4, -0.2) is 42.1 Å². The summed E-state index contributed by atoms with van der Waals surface area (Å²) in [5.74, 6) is 0.168. The summed E-state index contributed by atoms with van der Waals surface area (Å²) in [6, 6.07) is 9.72. The van der Waals surface area contributed by atoms with Crippen molar-refractivity contribution in [2.24, 2.45) is 5.92 Å². The minimum absolute atomic E-state index is 0.311. The first kappa shape index (κ1) is 16.9. The van der Waals surface area contributed by atoms with Crippen LogP contribution in [0.1, 0.15) is 43.1 Å². The molecule has 4 heteroatoms. The predicted octanol–water partition coefficient (Wildman–Crippen LogP) is 3.90. The van der Waals surface area contributed by atoms with Crippen LogP contribution in [0.4, 0.5) is 0 Å². The Hall–Kier alpha value is -1.94. The zero-order chi connectivity index (χ0) is 16.8. The zero-order valence-corrected chi connectivity index (χ0v) is 14.4. The highest BCUT2D eigenvalue weighted by atomic mass is 16.5. The number of ether oxygens (including phenoxy) is 1. The molecule has 1 aromatic carbocycles. The van der Waals surface area contributed by atoms with E-state index in [9.17, 15) is 4.79 Å². The van der Waals surface area contributed by atoms with Gasteiger partial charge in [-0.05, 0) is 56.3 Å². The largest absolute Gasteiger partial charge is 0.461 e. The van der Waals surface area contributed by atoms with Gasteiger partial charge in [-0.15, -0.1) is 0 Å². The smallest absolute Gasteiger partial charge is 0.356 e. The predicted molar refractivity (Wildman–Crippen MR) is 96.1 cm³/mol. The van der Waals surface area contributed by atoms with Gasteiger partial charge in [0, 0.05) is 11.6 Å². The number of esters is 1. The van der Waals surface area contributed by atoms with E-state index in [1.807, 2.05) is 30.3 Å². The van der Waals surface area contributed by atoms with Crippen molar-refractivity contribution in [1.29, 1.82) is 0 Å². The zero-order valence-electron chi connectivity index (χ0n) is 14.4. The molecule has 1 saturated heterocycles. The molecule has 0 atom stereocenters. The molecule has 3 rings (SSSR count). The topological polar surface area (TPSA) is 42.4 Å². The minimum Gasteiger partial charge on any atom is -0.461 e. The maximum absolute atomic E-state index is 12.2. The molecule has 2 aromatic rings. The van der Waals surface area contributed by atoms with Crippen molar-refractivity contribution >= 4 is 16.7 Å². The molecule has 0 spiro atoms. The number of nitrogens with zero attached hydrogens (tertiary/aromatic N) is 2. The number of hydrogen-bond donors (Lipinski definition) is 0. The summed E-state index contributed by atoms with van der Waals surface area (Å²) in [4.78, 5) is 19.0. The van der Waals surface area contributed by atoms with Gasteiger partial charge < -0.3 is 9.64 Å². The SMILES string of the molecule is CCCCN1CCC(COC(=O)c2cc3ccccc3cn2)CC1. The van der Waals surface area contributed by atoms with E-state index in [0.717, 1.165) is 36.7 Å². The molecule has 4 nitrogen and oxygen atoms in total. The van der Waals surface area contributed by atoms with Crippen molar-refractivity contribution in [2.45, 2.75) is 32.6 Å². The first-order valence-corrected chi connectivity index (χ1v) is 9.00. The van der Waals surface area contributed by atoms with E-state index in [1.165, 1.54) is 19.4 Å². The van der Waals surface area contributed by atoms with Crippen LogP contribution in [0, 0.1) is 5.92 Å². The van der Waals surface area contributed by atoms with Gasteiger partial charge in [0.05, 0.1) is 6.61 Å². The van der Waals surface area contributed by atoms with Crippen LogP contribution in [0.2, 0.25) is 0 Å². The molecule has 24 heavy (non-hydrogen) atoms.